The van der Waals surface area contributed by atoms with Gasteiger partial charge < -0.3 is 10.1 Å². The lowest BCUT2D eigenvalue weighted by Crippen LogP contribution is -2.29. The topological polar surface area (TPSA) is 110 Å². The van der Waals surface area contributed by atoms with Crippen LogP contribution in [0.5, 0.6) is 0 Å². The van der Waals surface area contributed by atoms with Gasteiger partial charge in [-0.3, -0.25) is 14.9 Å². The molecule has 0 aliphatic heterocycles. The van der Waals surface area contributed by atoms with Gasteiger partial charge in [-0.2, -0.15) is 0 Å². The smallest absolute Gasteiger partial charge is 0.341 e. The summed E-state index contributed by atoms with van der Waals surface area (Å²) in [5, 5.41) is 13.8. The third-order valence-electron chi connectivity index (χ3n) is 3.83. The minimum atomic E-state index is -0.859. The number of carbonyl (C=O) groups excluding carboxylic acids is 3. The highest BCUT2D eigenvalue weighted by Crippen LogP contribution is 2.38. The highest BCUT2D eigenvalue weighted by Gasteiger charge is 2.28. The van der Waals surface area contributed by atoms with E-state index in [4.69, 9.17) is 4.74 Å². The van der Waals surface area contributed by atoms with Crippen LogP contribution in [-0.4, -0.2) is 34.6 Å². The molecule has 1 aliphatic carbocycles. The number of anilines is 2. The number of nitrogens with one attached hydrogen (secondary N) is 2. The normalized spacial score (nSPS) is 13.0. The molecule has 2 aromatic heterocycles. The number of nitrogens with zero attached hydrogens (tertiary/aromatic N) is 2. The first-order valence-electron chi connectivity index (χ1n) is 8.23. The number of aromatic nitrogens is 2. The molecule has 0 saturated carbocycles. The molecule has 0 spiro atoms. The molecule has 2 amide bonds. The fourth-order valence-corrected chi connectivity index (χ4v) is 4.59. The number of hydrogen-bond acceptors (Lipinski definition) is 8. The first kappa shape index (κ1) is 18.5. The van der Waals surface area contributed by atoms with Crippen LogP contribution in [0.25, 0.3) is 0 Å². The van der Waals surface area contributed by atoms with E-state index in [9.17, 15) is 14.4 Å². The van der Waals surface area contributed by atoms with Crippen LogP contribution in [0.4, 0.5) is 10.1 Å². The fourth-order valence-electron chi connectivity index (χ4n) is 2.73. The van der Waals surface area contributed by atoms with Crippen molar-refractivity contribution in [2.24, 2.45) is 0 Å². The second kappa shape index (κ2) is 7.92. The van der Waals surface area contributed by atoms with Crippen LogP contribution in [0.2, 0.25) is 0 Å². The van der Waals surface area contributed by atoms with E-state index in [2.05, 4.69) is 20.8 Å². The fraction of sp³-hybridized carbons (Fsp3) is 0.438. The molecule has 10 heteroatoms. The van der Waals surface area contributed by atoms with Gasteiger partial charge in [-0.25, -0.2) is 4.79 Å². The van der Waals surface area contributed by atoms with Crippen molar-refractivity contribution in [2.45, 2.75) is 39.5 Å². The largest absolute Gasteiger partial charge is 0.462 e. The van der Waals surface area contributed by atoms with Crippen LogP contribution in [0.1, 0.15) is 45.6 Å². The van der Waals surface area contributed by atoms with Gasteiger partial charge in [0, 0.05) is 4.88 Å². The molecule has 0 atom stereocenters. The number of hydrogen-bond donors (Lipinski definition) is 2. The van der Waals surface area contributed by atoms with Crippen molar-refractivity contribution in [3.63, 3.8) is 0 Å². The summed E-state index contributed by atoms with van der Waals surface area (Å²) in [5.74, 6) is -2.19. The number of carbonyl (C=O) groups is 3. The molecule has 3 rings (SSSR count). The molecule has 1 aliphatic rings. The lowest BCUT2D eigenvalue weighted by atomic mass is 9.95. The van der Waals surface area contributed by atoms with Gasteiger partial charge in [-0.15, -0.1) is 21.5 Å². The third kappa shape index (κ3) is 3.91. The van der Waals surface area contributed by atoms with E-state index in [0.29, 0.717) is 15.6 Å². The summed E-state index contributed by atoms with van der Waals surface area (Å²) in [6.07, 6.45) is 3.66. The van der Waals surface area contributed by atoms with Gasteiger partial charge >= 0.3 is 17.8 Å². The number of amides is 2. The SMILES string of the molecule is CCOC(=O)c1c(NC(=O)C(=O)Nc2nnc(C)s2)sc2c1CCCC2. The monoisotopic (exact) mass is 394 g/mol. The Bertz CT molecular complexity index is 859. The second-order valence-electron chi connectivity index (χ2n) is 5.67. The zero-order valence-corrected chi connectivity index (χ0v) is 16.0. The number of thiophene rings is 1. The zero-order chi connectivity index (χ0) is 18.7. The van der Waals surface area contributed by atoms with Gasteiger partial charge in [0.05, 0.1) is 12.2 Å². The summed E-state index contributed by atoms with van der Waals surface area (Å²) in [7, 11) is 0. The average Bonchev–Trinajstić information content (AvgIpc) is 3.17. The first-order valence-corrected chi connectivity index (χ1v) is 9.87. The Morgan fingerprint density at radius 3 is 2.50 bits per heavy atom. The molecule has 8 nitrogen and oxygen atoms in total. The van der Waals surface area contributed by atoms with Crippen LogP contribution in [0, 0.1) is 6.92 Å². The minimum absolute atomic E-state index is 0.244. The molecular weight excluding hydrogens is 376 g/mol. The van der Waals surface area contributed by atoms with Gasteiger partial charge in [0.15, 0.2) is 0 Å². The van der Waals surface area contributed by atoms with E-state index in [0.717, 1.165) is 36.1 Å². The molecule has 138 valence electrons. The third-order valence-corrected chi connectivity index (χ3v) is 5.79. The number of fused-ring (bicyclic) bond motifs is 1. The minimum Gasteiger partial charge on any atom is -0.462 e. The molecule has 2 N–H and O–H groups in total. The van der Waals surface area contributed by atoms with Crippen molar-refractivity contribution in [1.82, 2.24) is 10.2 Å². The van der Waals surface area contributed by atoms with Crippen LogP contribution in [-0.2, 0) is 27.2 Å². The lowest BCUT2D eigenvalue weighted by molar-refractivity contribution is -0.132. The molecule has 2 aromatic rings. The van der Waals surface area contributed by atoms with Crippen molar-refractivity contribution >= 4 is 50.6 Å². The molecule has 0 aromatic carbocycles. The summed E-state index contributed by atoms with van der Waals surface area (Å²) >= 11 is 2.50. The summed E-state index contributed by atoms with van der Waals surface area (Å²) in [6.45, 7) is 3.72. The lowest BCUT2D eigenvalue weighted by Gasteiger charge is -2.12. The molecule has 2 heterocycles. The van der Waals surface area contributed by atoms with Crippen LogP contribution < -0.4 is 10.6 Å². The zero-order valence-electron chi connectivity index (χ0n) is 14.4. The van der Waals surface area contributed by atoms with Gasteiger partial charge in [0.2, 0.25) is 5.13 Å². The maximum Gasteiger partial charge on any atom is 0.341 e. The Morgan fingerprint density at radius 1 is 1.08 bits per heavy atom. The number of rotatable bonds is 4. The van der Waals surface area contributed by atoms with Gasteiger partial charge in [-0.05, 0) is 45.1 Å². The van der Waals surface area contributed by atoms with E-state index >= 15 is 0 Å². The summed E-state index contributed by atoms with van der Waals surface area (Å²) in [4.78, 5) is 37.8. The van der Waals surface area contributed by atoms with Gasteiger partial charge in [-0.1, -0.05) is 11.3 Å². The highest BCUT2D eigenvalue weighted by molar-refractivity contribution is 7.17. The second-order valence-corrected chi connectivity index (χ2v) is 7.96. The van der Waals surface area contributed by atoms with E-state index in [1.807, 2.05) is 0 Å². The first-order chi connectivity index (χ1) is 12.5. The summed E-state index contributed by atoms with van der Waals surface area (Å²) in [6, 6.07) is 0. The van der Waals surface area contributed by atoms with Crippen LogP contribution in [0.3, 0.4) is 0 Å². The van der Waals surface area contributed by atoms with Crippen LogP contribution in [0.15, 0.2) is 0 Å². The summed E-state index contributed by atoms with van der Waals surface area (Å²) < 4.78 is 5.13. The van der Waals surface area contributed by atoms with E-state index in [1.165, 1.54) is 22.7 Å². The van der Waals surface area contributed by atoms with Gasteiger partial charge in [0.25, 0.3) is 0 Å². The molecule has 0 radical (unpaired) electrons. The maximum atomic E-state index is 12.4. The average molecular weight is 394 g/mol. The molecule has 0 bridgehead atoms. The Kier molecular flexibility index (Phi) is 5.62. The Balaban J connectivity index is 1.79. The van der Waals surface area contributed by atoms with Crippen molar-refractivity contribution in [3.8, 4) is 0 Å². The highest BCUT2D eigenvalue weighted by atomic mass is 32.1. The Hall–Kier alpha value is -2.33. The molecule has 0 saturated heterocycles. The van der Waals surface area contributed by atoms with E-state index in [-0.39, 0.29) is 11.7 Å². The molecule has 0 unspecified atom stereocenters. The van der Waals surface area contributed by atoms with Crippen molar-refractivity contribution in [3.05, 3.63) is 21.0 Å². The molecule has 0 fully saturated rings. The number of aryl methyl sites for hydroxylation is 2. The van der Waals surface area contributed by atoms with Crippen LogP contribution >= 0.6 is 22.7 Å². The standard InChI is InChI=1S/C16H18N4O4S2/c1-3-24-15(23)11-9-6-4-5-7-10(9)26-14(11)17-12(21)13(22)18-16-20-19-8(2)25-16/h3-7H2,1-2H3,(H,17,21)(H,18,20,22). The number of esters is 1. The van der Waals surface area contributed by atoms with Crippen molar-refractivity contribution < 1.29 is 19.1 Å². The van der Waals surface area contributed by atoms with Crippen molar-refractivity contribution in [2.75, 3.05) is 17.2 Å². The van der Waals surface area contributed by atoms with E-state index < -0.39 is 17.8 Å². The Morgan fingerprint density at radius 2 is 1.81 bits per heavy atom. The summed E-state index contributed by atoms with van der Waals surface area (Å²) in [5.41, 5.74) is 1.30. The molecular formula is C16H18N4O4S2. The van der Waals surface area contributed by atoms with Crippen molar-refractivity contribution in [1.29, 1.82) is 0 Å². The van der Waals surface area contributed by atoms with Gasteiger partial charge in [0.1, 0.15) is 10.0 Å². The maximum absolute atomic E-state index is 12.4. The molecule has 26 heavy (non-hydrogen) atoms. The van der Waals surface area contributed by atoms with E-state index in [1.54, 1.807) is 13.8 Å². The quantitative estimate of drug-likeness (QED) is 0.609. The Labute approximate surface area is 158 Å². The number of ether oxygens (including phenoxy) is 1. The predicted molar refractivity (Wildman–Crippen MR) is 98.8 cm³/mol. The predicted octanol–water partition coefficient (Wildman–Crippen LogP) is 2.54.